The van der Waals surface area contributed by atoms with Crippen molar-refractivity contribution >= 4 is 18.3 Å². The Hall–Kier alpha value is -1.89. The molecule has 0 bridgehead atoms. The second kappa shape index (κ2) is 10.4. The van der Waals surface area contributed by atoms with Gasteiger partial charge in [0, 0.05) is 38.0 Å². The minimum atomic E-state index is -0.0810. The van der Waals surface area contributed by atoms with Gasteiger partial charge in [0.15, 0.2) is 5.69 Å². The number of hydrogen-bond donors (Lipinski definition) is 2. The average molecular weight is 393 g/mol. The number of fused-ring (bicyclic) bond motifs is 1. The number of carbonyl (C=O) groups is 1. The average Bonchev–Trinajstić information content (AvgIpc) is 3.05. The van der Waals surface area contributed by atoms with Gasteiger partial charge < -0.3 is 15.4 Å². The van der Waals surface area contributed by atoms with Crippen molar-refractivity contribution in [2.45, 2.75) is 32.6 Å². The van der Waals surface area contributed by atoms with E-state index in [4.69, 9.17) is 4.74 Å². The van der Waals surface area contributed by atoms with Crippen LogP contribution in [0.1, 0.15) is 40.2 Å². The molecule has 27 heavy (non-hydrogen) atoms. The highest BCUT2D eigenvalue weighted by atomic mass is 35.5. The van der Waals surface area contributed by atoms with Crippen LogP contribution in [-0.2, 0) is 17.6 Å². The minimum Gasteiger partial charge on any atom is -0.383 e. The van der Waals surface area contributed by atoms with Gasteiger partial charge in [0.1, 0.15) is 0 Å². The molecule has 0 radical (unpaired) electrons. The predicted molar refractivity (Wildman–Crippen MR) is 109 cm³/mol. The summed E-state index contributed by atoms with van der Waals surface area (Å²) in [5.41, 5.74) is 5.12. The molecule has 3 rings (SSSR count). The number of amides is 1. The monoisotopic (exact) mass is 392 g/mol. The summed E-state index contributed by atoms with van der Waals surface area (Å²) >= 11 is 0. The van der Waals surface area contributed by atoms with Crippen molar-refractivity contribution in [1.82, 2.24) is 20.4 Å². The molecule has 0 aliphatic heterocycles. The van der Waals surface area contributed by atoms with Crippen molar-refractivity contribution < 1.29 is 9.53 Å². The zero-order valence-corrected chi connectivity index (χ0v) is 16.9. The lowest BCUT2D eigenvalue weighted by Crippen LogP contribution is -2.33. The summed E-state index contributed by atoms with van der Waals surface area (Å²) in [5, 5.41) is 10.9. The Balaban J connectivity index is 0.00000261. The summed E-state index contributed by atoms with van der Waals surface area (Å²) in [6.07, 6.45) is 4.17. The van der Waals surface area contributed by atoms with Gasteiger partial charge in [-0.15, -0.1) is 12.4 Å². The van der Waals surface area contributed by atoms with Gasteiger partial charge >= 0.3 is 0 Å². The molecule has 0 atom stereocenters. The number of benzene rings is 1. The molecule has 1 aromatic heterocycles. The zero-order chi connectivity index (χ0) is 18.4. The van der Waals surface area contributed by atoms with E-state index in [1.54, 1.807) is 7.11 Å². The van der Waals surface area contributed by atoms with Gasteiger partial charge in [-0.1, -0.05) is 17.7 Å². The lowest BCUT2D eigenvalue weighted by Gasteiger charge is -2.14. The van der Waals surface area contributed by atoms with Crippen molar-refractivity contribution in [2.75, 3.05) is 33.4 Å². The number of ether oxygens (including phenoxy) is 1. The number of methoxy groups -OCH3 is 1. The van der Waals surface area contributed by atoms with E-state index >= 15 is 0 Å². The summed E-state index contributed by atoms with van der Waals surface area (Å²) in [4.78, 5) is 12.7. The van der Waals surface area contributed by atoms with Gasteiger partial charge in [-0.25, -0.2) is 4.68 Å². The molecule has 0 saturated heterocycles. The molecule has 7 heteroatoms. The maximum absolute atomic E-state index is 12.7. The van der Waals surface area contributed by atoms with Crippen LogP contribution in [-0.4, -0.2) is 49.0 Å². The molecule has 0 spiro atoms. The summed E-state index contributed by atoms with van der Waals surface area (Å²) < 4.78 is 6.95. The zero-order valence-electron chi connectivity index (χ0n) is 16.1. The molecule has 2 N–H and O–H groups in total. The Kier molecular flexibility index (Phi) is 8.28. The first-order valence-corrected chi connectivity index (χ1v) is 9.36. The number of nitrogens with zero attached hydrogens (tertiary/aromatic N) is 2. The fourth-order valence-corrected chi connectivity index (χ4v) is 3.33. The third kappa shape index (κ3) is 5.31. The molecule has 0 fully saturated rings. The van der Waals surface area contributed by atoms with E-state index in [1.807, 2.05) is 4.68 Å². The minimum absolute atomic E-state index is 0. The summed E-state index contributed by atoms with van der Waals surface area (Å²) in [7, 11) is 1.68. The number of halogens is 1. The van der Waals surface area contributed by atoms with Crippen LogP contribution in [0.25, 0.3) is 5.69 Å². The van der Waals surface area contributed by atoms with E-state index in [0.29, 0.717) is 18.8 Å². The van der Waals surface area contributed by atoms with Gasteiger partial charge in [0.25, 0.3) is 5.91 Å². The summed E-state index contributed by atoms with van der Waals surface area (Å²) in [6, 6.07) is 8.30. The highest BCUT2D eigenvalue weighted by molar-refractivity contribution is 5.94. The summed E-state index contributed by atoms with van der Waals surface area (Å²) in [5.74, 6) is -0.0810. The van der Waals surface area contributed by atoms with Crippen LogP contribution in [0.15, 0.2) is 24.3 Å². The van der Waals surface area contributed by atoms with E-state index in [9.17, 15) is 4.79 Å². The first-order valence-electron chi connectivity index (χ1n) is 9.36. The second-order valence-corrected chi connectivity index (χ2v) is 6.73. The molecule has 2 aromatic rings. The highest BCUT2D eigenvalue weighted by Crippen LogP contribution is 2.27. The molecule has 1 amide bonds. The molecule has 1 aliphatic rings. The molecule has 0 saturated carbocycles. The Labute approximate surface area is 167 Å². The van der Waals surface area contributed by atoms with Gasteiger partial charge in [0.05, 0.1) is 12.3 Å². The third-order valence-electron chi connectivity index (χ3n) is 4.74. The van der Waals surface area contributed by atoms with Crippen LogP contribution < -0.4 is 10.6 Å². The molecule has 1 heterocycles. The van der Waals surface area contributed by atoms with E-state index in [1.165, 1.54) is 11.3 Å². The number of aryl methyl sites for hydroxylation is 1. The van der Waals surface area contributed by atoms with E-state index in [2.05, 4.69) is 46.9 Å². The summed E-state index contributed by atoms with van der Waals surface area (Å²) in [6.45, 7) is 4.82. The molecule has 1 aliphatic carbocycles. The molecular formula is C20H29ClN4O2. The fraction of sp³-hybridized carbons (Fsp3) is 0.500. The number of carbonyl (C=O) groups excluding carboxylic acids is 1. The standard InChI is InChI=1S/C20H28N4O2.ClH/c1-15-7-9-16(10-8-15)24-18-6-4-3-5-17(18)19(23-24)20(25)22-12-11-21-13-14-26-2;/h7-10,21H,3-6,11-14H2,1-2H3,(H,22,25);1H. The normalized spacial score (nSPS) is 13.0. The van der Waals surface area contributed by atoms with E-state index in [0.717, 1.165) is 50.0 Å². The quantitative estimate of drug-likeness (QED) is 0.677. The Morgan fingerprint density at radius 2 is 1.89 bits per heavy atom. The number of aromatic nitrogens is 2. The van der Waals surface area contributed by atoms with Crippen LogP contribution in [0.2, 0.25) is 0 Å². The molecule has 1 aromatic carbocycles. The first-order chi connectivity index (χ1) is 12.7. The lowest BCUT2D eigenvalue weighted by atomic mass is 9.95. The molecule has 148 valence electrons. The topological polar surface area (TPSA) is 68.2 Å². The van der Waals surface area contributed by atoms with E-state index < -0.39 is 0 Å². The maximum Gasteiger partial charge on any atom is 0.272 e. The van der Waals surface area contributed by atoms with Crippen LogP contribution in [0, 0.1) is 6.92 Å². The number of nitrogens with one attached hydrogen (secondary N) is 2. The highest BCUT2D eigenvalue weighted by Gasteiger charge is 2.25. The van der Waals surface area contributed by atoms with E-state index in [-0.39, 0.29) is 18.3 Å². The van der Waals surface area contributed by atoms with Gasteiger partial charge in [-0.2, -0.15) is 5.10 Å². The largest absolute Gasteiger partial charge is 0.383 e. The Morgan fingerprint density at radius 1 is 1.15 bits per heavy atom. The number of hydrogen-bond acceptors (Lipinski definition) is 4. The van der Waals surface area contributed by atoms with Crippen LogP contribution >= 0.6 is 12.4 Å². The van der Waals surface area contributed by atoms with Crippen molar-refractivity contribution in [3.63, 3.8) is 0 Å². The molecule has 0 unspecified atom stereocenters. The SMILES string of the molecule is COCCNCCNC(=O)c1nn(-c2ccc(C)cc2)c2c1CCCC2.Cl. The Morgan fingerprint density at radius 3 is 2.63 bits per heavy atom. The third-order valence-corrected chi connectivity index (χ3v) is 4.74. The number of rotatable bonds is 8. The Bertz CT molecular complexity index is 743. The fourth-order valence-electron chi connectivity index (χ4n) is 3.33. The molecular weight excluding hydrogens is 364 g/mol. The maximum atomic E-state index is 12.7. The van der Waals surface area contributed by atoms with Crippen molar-refractivity contribution in [3.8, 4) is 5.69 Å². The van der Waals surface area contributed by atoms with Crippen LogP contribution in [0.5, 0.6) is 0 Å². The van der Waals surface area contributed by atoms with Crippen molar-refractivity contribution in [3.05, 3.63) is 46.8 Å². The van der Waals surface area contributed by atoms with Crippen LogP contribution in [0.4, 0.5) is 0 Å². The molecule has 6 nitrogen and oxygen atoms in total. The first kappa shape index (κ1) is 21.4. The smallest absolute Gasteiger partial charge is 0.272 e. The lowest BCUT2D eigenvalue weighted by molar-refractivity contribution is 0.0947. The van der Waals surface area contributed by atoms with Gasteiger partial charge in [0.2, 0.25) is 0 Å². The predicted octanol–water partition coefficient (Wildman–Crippen LogP) is 2.45. The van der Waals surface area contributed by atoms with Crippen LogP contribution in [0.3, 0.4) is 0 Å². The van der Waals surface area contributed by atoms with Crippen molar-refractivity contribution in [2.24, 2.45) is 0 Å². The van der Waals surface area contributed by atoms with Crippen molar-refractivity contribution in [1.29, 1.82) is 0 Å². The van der Waals surface area contributed by atoms with Gasteiger partial charge in [-0.3, -0.25) is 4.79 Å². The second-order valence-electron chi connectivity index (χ2n) is 6.73. The van der Waals surface area contributed by atoms with Gasteiger partial charge in [-0.05, 0) is 44.7 Å².